The Morgan fingerprint density at radius 1 is 1.05 bits per heavy atom. The Hall–Kier alpha value is -2.78. The molecule has 1 amide bonds. The minimum absolute atomic E-state index is 0.0498. The van der Waals surface area contributed by atoms with Crippen LogP contribution in [0.5, 0.6) is 0 Å². The summed E-state index contributed by atoms with van der Waals surface area (Å²) >= 11 is 0. The summed E-state index contributed by atoms with van der Waals surface area (Å²) in [4.78, 5) is 15.0. The first kappa shape index (κ1) is 30.2. The minimum atomic E-state index is -4.00. The van der Waals surface area contributed by atoms with Crippen LogP contribution in [-0.4, -0.2) is 77.4 Å². The van der Waals surface area contributed by atoms with Gasteiger partial charge < -0.3 is 9.64 Å². The molecule has 2 heterocycles. The fourth-order valence-corrected chi connectivity index (χ4v) is 7.16. The van der Waals surface area contributed by atoms with Crippen molar-refractivity contribution in [3.63, 3.8) is 0 Å². The Kier molecular flexibility index (Phi) is 9.35. The van der Waals surface area contributed by atoms with Crippen molar-refractivity contribution in [2.45, 2.75) is 36.1 Å². The average molecular weight is 602 g/mol. The summed E-state index contributed by atoms with van der Waals surface area (Å²) in [6, 6.07) is 6.72. The van der Waals surface area contributed by atoms with Crippen molar-refractivity contribution in [3.8, 4) is 0 Å². The molecule has 4 rings (SSSR count). The molecule has 1 N–H and O–H groups in total. The third-order valence-electron chi connectivity index (χ3n) is 7.06. The van der Waals surface area contributed by atoms with Crippen molar-refractivity contribution >= 4 is 26.0 Å². The van der Waals surface area contributed by atoms with E-state index in [1.807, 2.05) is 0 Å². The summed E-state index contributed by atoms with van der Waals surface area (Å²) in [5.74, 6) is -5.61. The number of nitrogens with one attached hydrogen (secondary N) is 1. The highest BCUT2D eigenvalue weighted by Crippen LogP contribution is 2.30. The van der Waals surface area contributed by atoms with Crippen LogP contribution in [0.3, 0.4) is 0 Å². The second-order valence-corrected chi connectivity index (χ2v) is 13.2. The van der Waals surface area contributed by atoms with Crippen LogP contribution in [0.15, 0.2) is 53.3 Å². The molecule has 2 aromatic carbocycles. The largest absolute Gasteiger partial charge is 0.378 e. The van der Waals surface area contributed by atoms with Crippen molar-refractivity contribution in [3.05, 3.63) is 77.0 Å². The van der Waals surface area contributed by atoms with E-state index in [0.29, 0.717) is 44.7 Å². The van der Waals surface area contributed by atoms with Crippen LogP contribution in [0.4, 0.5) is 13.2 Å². The van der Waals surface area contributed by atoms with Gasteiger partial charge in [0.1, 0.15) is 0 Å². The number of hydrogen-bond acceptors (Lipinski definition) is 6. The molecule has 0 aromatic heterocycles. The third kappa shape index (κ3) is 6.74. The number of nitrogens with zero attached hydrogens (tertiary/aromatic N) is 2. The Bertz CT molecular complexity index is 1440. The number of rotatable bonds is 10. The zero-order chi connectivity index (χ0) is 29.1. The number of ether oxygens (including phenoxy) is 1. The van der Waals surface area contributed by atoms with Crippen LogP contribution in [0.25, 0.3) is 0 Å². The van der Waals surface area contributed by atoms with Crippen LogP contribution >= 0.6 is 0 Å². The lowest BCUT2D eigenvalue weighted by Crippen LogP contribution is -2.43. The summed E-state index contributed by atoms with van der Waals surface area (Å²) < 4.78 is 101. The van der Waals surface area contributed by atoms with Crippen LogP contribution in [0.2, 0.25) is 0 Å². The highest BCUT2D eigenvalue weighted by Gasteiger charge is 2.36. The first-order chi connectivity index (χ1) is 18.9. The van der Waals surface area contributed by atoms with Crippen molar-refractivity contribution in [2.75, 3.05) is 39.4 Å². The molecule has 2 unspecified atom stereocenters. The number of morpholine rings is 1. The zero-order valence-corrected chi connectivity index (χ0v) is 23.2. The number of amides is 1. The van der Waals surface area contributed by atoms with Gasteiger partial charge >= 0.3 is 0 Å². The number of halogens is 3. The van der Waals surface area contributed by atoms with Gasteiger partial charge in [0.2, 0.25) is 26.0 Å². The van der Waals surface area contributed by atoms with E-state index in [1.54, 1.807) is 4.90 Å². The second kappa shape index (κ2) is 12.4. The molecule has 14 heteroatoms. The lowest BCUT2D eigenvalue weighted by atomic mass is 9.90. The van der Waals surface area contributed by atoms with E-state index in [-0.39, 0.29) is 35.9 Å². The fourth-order valence-electron chi connectivity index (χ4n) is 4.92. The Morgan fingerprint density at radius 3 is 2.27 bits per heavy atom. The second-order valence-electron chi connectivity index (χ2n) is 9.61. The zero-order valence-electron chi connectivity index (χ0n) is 21.6. The molecule has 2 saturated heterocycles. The summed E-state index contributed by atoms with van der Waals surface area (Å²) in [5, 5.41) is 0.753. The molecule has 0 spiro atoms. The van der Waals surface area contributed by atoms with Gasteiger partial charge in [0.05, 0.1) is 24.0 Å². The van der Waals surface area contributed by atoms with E-state index in [4.69, 9.17) is 4.74 Å². The van der Waals surface area contributed by atoms with Gasteiger partial charge in [0, 0.05) is 37.6 Å². The minimum Gasteiger partial charge on any atom is -0.378 e. The van der Waals surface area contributed by atoms with Gasteiger partial charge in [-0.05, 0) is 54.7 Å². The third-order valence-corrected chi connectivity index (χ3v) is 10.0. The van der Waals surface area contributed by atoms with Crippen LogP contribution in [0.1, 0.15) is 29.9 Å². The van der Waals surface area contributed by atoms with Crippen LogP contribution in [-0.2, 0) is 36.0 Å². The predicted molar refractivity (Wildman–Crippen MR) is 141 cm³/mol. The lowest BCUT2D eigenvalue weighted by Gasteiger charge is -2.31. The van der Waals surface area contributed by atoms with E-state index >= 15 is 0 Å². The van der Waals surface area contributed by atoms with E-state index in [2.05, 4.69) is 11.3 Å². The van der Waals surface area contributed by atoms with Crippen molar-refractivity contribution in [1.29, 1.82) is 0 Å². The number of benzene rings is 2. The maximum absolute atomic E-state index is 13.9. The van der Waals surface area contributed by atoms with Crippen LogP contribution < -0.4 is 4.72 Å². The molecule has 218 valence electrons. The molecule has 40 heavy (non-hydrogen) atoms. The van der Waals surface area contributed by atoms with E-state index < -0.39 is 49.5 Å². The van der Waals surface area contributed by atoms with Crippen LogP contribution in [0, 0.1) is 17.5 Å². The smallest absolute Gasteiger partial charge is 0.243 e. The summed E-state index contributed by atoms with van der Waals surface area (Å²) in [5.41, 5.74) is 0.485. The standard InChI is InChI=1S/C26H30F3N3O6S2/c1-2-39(34,35)30-17-20-4-3-9-32(20)40(36,37)21-7-5-19(6-8-21)22(26(33)31-10-12-38-13-11-31)14-18-15-23(27)25(29)24(28)16-18/h2,5-8,15-16,20,22,30H,1,3-4,9-14,17H2. The molecule has 9 nitrogen and oxygen atoms in total. The maximum atomic E-state index is 13.9. The molecule has 2 aliphatic heterocycles. The molecule has 0 bridgehead atoms. The number of sulfonamides is 2. The highest BCUT2D eigenvalue weighted by molar-refractivity contribution is 7.92. The molecule has 2 fully saturated rings. The quantitative estimate of drug-likeness (QED) is 0.419. The van der Waals surface area contributed by atoms with Gasteiger partial charge in [-0.25, -0.2) is 34.7 Å². The number of carbonyl (C=O) groups excluding carboxylic acids is 1. The Labute approximate surface area is 231 Å². The highest BCUT2D eigenvalue weighted by atomic mass is 32.2. The number of hydrogen-bond donors (Lipinski definition) is 1. The predicted octanol–water partition coefficient (Wildman–Crippen LogP) is 2.51. The lowest BCUT2D eigenvalue weighted by molar-refractivity contribution is -0.136. The van der Waals surface area contributed by atoms with E-state index in [0.717, 1.165) is 17.5 Å². The van der Waals surface area contributed by atoms with Crippen molar-refractivity contribution < 1.29 is 39.5 Å². The molecule has 0 radical (unpaired) electrons. The monoisotopic (exact) mass is 601 g/mol. The Balaban J connectivity index is 1.60. The topological polar surface area (TPSA) is 113 Å². The molecule has 2 atom stereocenters. The molecular weight excluding hydrogens is 571 g/mol. The molecule has 2 aromatic rings. The van der Waals surface area contributed by atoms with Gasteiger partial charge in [0.15, 0.2) is 17.5 Å². The molecule has 2 aliphatic rings. The normalized spacial score (nSPS) is 19.5. The van der Waals surface area contributed by atoms with Gasteiger partial charge in [0.25, 0.3) is 0 Å². The van der Waals surface area contributed by atoms with E-state index in [9.17, 15) is 34.8 Å². The summed E-state index contributed by atoms with van der Waals surface area (Å²) in [7, 11) is -7.73. The summed E-state index contributed by atoms with van der Waals surface area (Å²) in [6.45, 7) is 4.63. The molecule has 0 aliphatic carbocycles. The van der Waals surface area contributed by atoms with Gasteiger partial charge in [-0.2, -0.15) is 4.31 Å². The van der Waals surface area contributed by atoms with Gasteiger partial charge in [-0.15, -0.1) is 0 Å². The number of carbonyl (C=O) groups is 1. The van der Waals surface area contributed by atoms with Gasteiger partial charge in [-0.1, -0.05) is 18.7 Å². The van der Waals surface area contributed by atoms with Gasteiger partial charge in [-0.3, -0.25) is 4.79 Å². The average Bonchev–Trinajstić information content (AvgIpc) is 3.44. The summed E-state index contributed by atoms with van der Waals surface area (Å²) in [6.07, 6.45) is 0.880. The first-order valence-corrected chi connectivity index (χ1v) is 15.7. The SMILES string of the molecule is C=CS(=O)(=O)NCC1CCCN1S(=O)(=O)c1ccc(C(Cc2cc(F)c(F)c(F)c2)C(=O)N2CCOCC2)cc1. The fraction of sp³-hybridized carbons (Fsp3) is 0.423. The van der Waals surface area contributed by atoms with Crippen molar-refractivity contribution in [1.82, 2.24) is 13.9 Å². The first-order valence-electron chi connectivity index (χ1n) is 12.7. The van der Waals surface area contributed by atoms with E-state index in [1.165, 1.54) is 28.6 Å². The maximum Gasteiger partial charge on any atom is 0.243 e. The van der Waals surface area contributed by atoms with Crippen molar-refractivity contribution in [2.24, 2.45) is 0 Å². The molecule has 0 saturated carbocycles. The molecular formula is C26H30F3N3O6S2. The Morgan fingerprint density at radius 2 is 1.68 bits per heavy atom.